The molecule has 4 nitrogen and oxygen atoms in total. The average molecular weight is 406 g/mol. The van der Waals surface area contributed by atoms with Gasteiger partial charge in [-0.1, -0.05) is 29.5 Å². The molecule has 147 valence electrons. The summed E-state index contributed by atoms with van der Waals surface area (Å²) in [6.45, 7) is 4.21. The van der Waals surface area contributed by atoms with Crippen molar-refractivity contribution in [1.82, 2.24) is 9.88 Å². The van der Waals surface area contributed by atoms with Crippen LogP contribution in [0.3, 0.4) is 0 Å². The number of para-hydroxylation sites is 1. The van der Waals surface area contributed by atoms with Crippen molar-refractivity contribution in [2.45, 2.75) is 12.6 Å². The lowest BCUT2D eigenvalue weighted by Gasteiger charge is -2.36. The van der Waals surface area contributed by atoms with Crippen molar-refractivity contribution in [3.05, 3.63) is 53.6 Å². The molecule has 0 amide bonds. The monoisotopic (exact) mass is 406 g/mol. The fourth-order valence-electron chi connectivity index (χ4n) is 3.53. The van der Waals surface area contributed by atoms with Crippen molar-refractivity contribution in [3.8, 4) is 5.19 Å². The maximum absolute atomic E-state index is 12.6. The van der Waals surface area contributed by atoms with Crippen molar-refractivity contribution in [1.29, 1.82) is 0 Å². The zero-order valence-electron chi connectivity index (χ0n) is 15.1. The first-order valence-corrected chi connectivity index (χ1v) is 9.92. The van der Waals surface area contributed by atoms with Crippen LogP contribution in [0, 0.1) is 0 Å². The Morgan fingerprint density at radius 2 is 1.71 bits per heavy atom. The van der Waals surface area contributed by atoms with E-state index >= 15 is 0 Å². The number of hydrogen-bond donors (Lipinski definition) is 0. The minimum atomic E-state index is -4.29. The Labute approximate surface area is 164 Å². The highest BCUT2D eigenvalue weighted by molar-refractivity contribution is 7.20. The lowest BCUT2D eigenvalue weighted by atomic mass is 10.1. The van der Waals surface area contributed by atoms with Crippen LogP contribution in [-0.2, 0) is 17.7 Å². The smallest absolute Gasteiger partial charge is 0.367 e. The predicted octanol–water partition coefficient (Wildman–Crippen LogP) is 4.82. The molecule has 0 spiro atoms. The van der Waals surface area contributed by atoms with Gasteiger partial charge in [-0.15, -0.1) is 0 Å². The molecule has 1 aliphatic heterocycles. The maximum Gasteiger partial charge on any atom is 0.416 e. The molecule has 28 heavy (non-hydrogen) atoms. The summed E-state index contributed by atoms with van der Waals surface area (Å²) in [6, 6.07) is 11.3. The number of benzene rings is 2. The maximum atomic E-state index is 12.6. The number of halogens is 3. The van der Waals surface area contributed by atoms with Crippen LogP contribution < -0.4 is 4.90 Å². The topological polar surface area (TPSA) is 39.3 Å². The fourth-order valence-corrected chi connectivity index (χ4v) is 4.25. The lowest BCUT2D eigenvalue weighted by Crippen LogP contribution is -2.47. The third-order valence-corrected chi connectivity index (χ3v) is 5.90. The Morgan fingerprint density at radius 3 is 2.39 bits per heavy atom. The first kappa shape index (κ1) is 19.0. The van der Waals surface area contributed by atoms with E-state index in [1.807, 2.05) is 18.2 Å². The Hall–Kier alpha value is -2.32. The van der Waals surface area contributed by atoms with E-state index in [0.29, 0.717) is 0 Å². The summed E-state index contributed by atoms with van der Waals surface area (Å²) in [7, 11) is 0. The number of thiazole rings is 1. The molecule has 0 saturated carbocycles. The summed E-state index contributed by atoms with van der Waals surface area (Å²) in [5.41, 5.74) is 2.07. The van der Waals surface area contributed by atoms with E-state index in [1.165, 1.54) is 0 Å². The second-order valence-corrected chi connectivity index (χ2v) is 7.87. The number of rotatable bonds is 4. The SMILES string of the molecule is [O]c1nc2c(N3CCN(CCc4ccc(C(F)(F)F)cc4)CC3)cccc2s1. The largest absolute Gasteiger partial charge is 0.416 e. The van der Waals surface area contributed by atoms with Gasteiger partial charge in [-0.25, -0.2) is 0 Å². The summed E-state index contributed by atoms with van der Waals surface area (Å²) < 4.78 is 38.8. The van der Waals surface area contributed by atoms with E-state index in [4.69, 9.17) is 0 Å². The third kappa shape index (κ3) is 4.07. The Balaban J connectivity index is 1.33. The summed E-state index contributed by atoms with van der Waals surface area (Å²) in [5.74, 6) is 0. The van der Waals surface area contributed by atoms with Crippen molar-refractivity contribution in [3.63, 3.8) is 0 Å². The van der Waals surface area contributed by atoms with E-state index in [9.17, 15) is 18.3 Å². The summed E-state index contributed by atoms with van der Waals surface area (Å²) >= 11 is 1.16. The highest BCUT2D eigenvalue weighted by Gasteiger charge is 2.30. The molecule has 0 aliphatic carbocycles. The van der Waals surface area contributed by atoms with Crippen LogP contribution in [0.1, 0.15) is 11.1 Å². The number of nitrogens with zero attached hydrogens (tertiary/aromatic N) is 3. The summed E-state index contributed by atoms with van der Waals surface area (Å²) in [4.78, 5) is 8.70. The van der Waals surface area contributed by atoms with Crippen LogP contribution in [-0.4, -0.2) is 42.6 Å². The van der Waals surface area contributed by atoms with Crippen molar-refractivity contribution in [2.24, 2.45) is 0 Å². The van der Waals surface area contributed by atoms with Gasteiger partial charge in [0.1, 0.15) is 5.52 Å². The Kier molecular flexibility index (Phi) is 5.16. The Bertz CT molecular complexity index is 947. The number of fused-ring (bicyclic) bond motifs is 1. The van der Waals surface area contributed by atoms with Gasteiger partial charge >= 0.3 is 11.4 Å². The number of hydrogen-bond acceptors (Lipinski definition) is 4. The third-order valence-electron chi connectivity index (χ3n) is 5.09. The van der Waals surface area contributed by atoms with Gasteiger partial charge in [-0.05, 0) is 36.2 Å². The lowest BCUT2D eigenvalue weighted by molar-refractivity contribution is -0.137. The van der Waals surface area contributed by atoms with Crippen LogP contribution in [0.2, 0.25) is 0 Å². The number of alkyl halides is 3. The molecule has 4 rings (SSSR count). The first-order valence-electron chi connectivity index (χ1n) is 9.10. The molecule has 1 aliphatic rings. The van der Waals surface area contributed by atoms with Crippen molar-refractivity contribution >= 4 is 27.2 Å². The summed E-state index contributed by atoms with van der Waals surface area (Å²) in [5, 5.41) is 11.4. The van der Waals surface area contributed by atoms with Gasteiger partial charge in [-0.2, -0.15) is 18.2 Å². The molecular weight excluding hydrogens is 387 g/mol. The minimum absolute atomic E-state index is 0.169. The molecule has 1 radical (unpaired) electrons. The van der Waals surface area contributed by atoms with Crippen LogP contribution in [0.15, 0.2) is 42.5 Å². The molecule has 0 unspecified atom stereocenters. The number of aromatic nitrogens is 1. The van der Waals surface area contributed by atoms with Gasteiger partial charge in [0, 0.05) is 32.7 Å². The van der Waals surface area contributed by atoms with Crippen LogP contribution in [0.4, 0.5) is 18.9 Å². The number of piperazine rings is 1. The van der Waals surface area contributed by atoms with Crippen LogP contribution in [0.25, 0.3) is 10.2 Å². The Morgan fingerprint density at radius 1 is 1.00 bits per heavy atom. The average Bonchev–Trinajstić information content (AvgIpc) is 3.06. The van der Waals surface area contributed by atoms with Gasteiger partial charge in [0.25, 0.3) is 0 Å². The van der Waals surface area contributed by atoms with E-state index < -0.39 is 11.7 Å². The van der Waals surface area contributed by atoms with Gasteiger partial charge in [0.2, 0.25) is 0 Å². The quantitative estimate of drug-likeness (QED) is 0.623. The molecule has 1 saturated heterocycles. The molecule has 0 atom stereocenters. The normalized spacial score (nSPS) is 16.0. The van der Waals surface area contributed by atoms with Crippen LogP contribution in [0.5, 0.6) is 5.19 Å². The number of anilines is 1. The predicted molar refractivity (Wildman–Crippen MR) is 104 cm³/mol. The molecule has 1 fully saturated rings. The molecule has 1 aromatic heterocycles. The van der Waals surface area contributed by atoms with E-state index in [2.05, 4.69) is 14.8 Å². The second kappa shape index (κ2) is 7.60. The first-order chi connectivity index (χ1) is 13.4. The fraction of sp³-hybridized carbons (Fsp3) is 0.350. The van der Waals surface area contributed by atoms with E-state index in [-0.39, 0.29) is 5.19 Å². The molecular formula is C20H19F3N3OS. The molecule has 0 bridgehead atoms. The van der Waals surface area contributed by atoms with Gasteiger partial charge in [-0.3, -0.25) is 10.0 Å². The van der Waals surface area contributed by atoms with E-state index in [0.717, 1.165) is 84.1 Å². The minimum Gasteiger partial charge on any atom is -0.367 e. The summed E-state index contributed by atoms with van der Waals surface area (Å²) in [6.07, 6.45) is -3.57. The second-order valence-electron chi connectivity index (χ2n) is 6.88. The zero-order valence-corrected chi connectivity index (χ0v) is 15.9. The molecule has 2 aromatic carbocycles. The molecule has 2 heterocycles. The van der Waals surface area contributed by atoms with Gasteiger partial charge in [0.05, 0.1) is 16.0 Å². The zero-order chi connectivity index (χ0) is 19.7. The van der Waals surface area contributed by atoms with Crippen LogP contribution >= 0.6 is 11.3 Å². The standard InChI is InChI=1S/C20H19F3N3OS/c21-20(22,23)15-6-4-14(5-7-15)8-9-25-10-12-26(13-11-25)16-2-1-3-17-18(16)24-19(27)28-17/h1-7H,8-13H2. The molecule has 0 N–H and O–H groups in total. The highest BCUT2D eigenvalue weighted by Crippen LogP contribution is 2.34. The van der Waals surface area contributed by atoms with Crippen molar-refractivity contribution < 1.29 is 18.3 Å². The highest BCUT2D eigenvalue weighted by atomic mass is 32.1. The van der Waals surface area contributed by atoms with Crippen molar-refractivity contribution in [2.75, 3.05) is 37.6 Å². The molecule has 8 heteroatoms. The van der Waals surface area contributed by atoms with E-state index in [1.54, 1.807) is 12.1 Å². The van der Waals surface area contributed by atoms with Gasteiger partial charge < -0.3 is 4.90 Å². The molecule has 3 aromatic rings. The van der Waals surface area contributed by atoms with Gasteiger partial charge in [0.15, 0.2) is 0 Å².